The largest absolute Gasteiger partial charge is 0.464 e. The summed E-state index contributed by atoms with van der Waals surface area (Å²) >= 11 is 0. The lowest BCUT2D eigenvalue weighted by Crippen LogP contribution is -2.10. The molecule has 0 saturated heterocycles. The van der Waals surface area contributed by atoms with Crippen molar-refractivity contribution < 1.29 is 13.9 Å². The Morgan fingerprint density at radius 1 is 1.15 bits per heavy atom. The highest BCUT2D eigenvalue weighted by molar-refractivity contribution is 5.86. The number of carbonyl (C=O) groups excluding carboxylic acids is 1. The molecule has 0 radical (unpaired) electrons. The molecule has 0 amide bonds. The molecule has 2 aromatic carbocycles. The summed E-state index contributed by atoms with van der Waals surface area (Å²) in [5.74, 6) is 0.266. The second-order valence-electron chi connectivity index (χ2n) is 4.72. The third-order valence-electron chi connectivity index (χ3n) is 3.12. The Morgan fingerprint density at radius 2 is 1.95 bits per heavy atom. The Labute approximate surface area is 116 Å². The smallest absolute Gasteiger partial charge is 0.315 e. The molecule has 3 rings (SSSR count). The molecule has 0 spiro atoms. The first-order valence-electron chi connectivity index (χ1n) is 6.45. The van der Waals surface area contributed by atoms with Crippen molar-refractivity contribution in [1.29, 1.82) is 0 Å². The van der Waals surface area contributed by atoms with E-state index in [9.17, 15) is 4.79 Å². The van der Waals surface area contributed by atoms with Crippen LogP contribution in [0.1, 0.15) is 11.1 Å². The first-order valence-corrected chi connectivity index (χ1v) is 6.45. The molecule has 20 heavy (non-hydrogen) atoms. The Balaban J connectivity index is 1.79. The Kier molecular flexibility index (Phi) is 3.25. The molecule has 3 aromatic rings. The van der Waals surface area contributed by atoms with E-state index in [1.54, 1.807) is 18.4 Å². The lowest BCUT2D eigenvalue weighted by Gasteiger charge is -2.03. The standard InChI is InChI=1S/C17H14O3/c1-12-7-8-16-15(9-12)13(11-19-16)10-17(18)20-14-5-3-2-4-6-14/h2-9,11H,10H2,1H3. The predicted molar refractivity (Wildman–Crippen MR) is 76.7 cm³/mol. The quantitative estimate of drug-likeness (QED) is 0.533. The van der Waals surface area contributed by atoms with Crippen LogP contribution in [0.5, 0.6) is 5.75 Å². The van der Waals surface area contributed by atoms with Crippen LogP contribution in [0.15, 0.2) is 59.2 Å². The highest BCUT2D eigenvalue weighted by atomic mass is 16.5. The van der Waals surface area contributed by atoms with Gasteiger partial charge in [-0.3, -0.25) is 4.79 Å². The van der Waals surface area contributed by atoms with Crippen molar-refractivity contribution in [2.24, 2.45) is 0 Å². The number of furan rings is 1. The van der Waals surface area contributed by atoms with E-state index in [0.717, 1.165) is 22.1 Å². The van der Waals surface area contributed by atoms with E-state index in [2.05, 4.69) is 0 Å². The highest BCUT2D eigenvalue weighted by Gasteiger charge is 2.12. The van der Waals surface area contributed by atoms with Crippen molar-refractivity contribution >= 4 is 16.9 Å². The second-order valence-corrected chi connectivity index (χ2v) is 4.72. The van der Waals surface area contributed by atoms with Gasteiger partial charge in [-0.05, 0) is 31.2 Å². The van der Waals surface area contributed by atoms with Gasteiger partial charge in [-0.15, -0.1) is 0 Å². The number of aryl methyl sites for hydroxylation is 1. The Morgan fingerprint density at radius 3 is 2.75 bits per heavy atom. The molecule has 0 unspecified atom stereocenters. The maximum absolute atomic E-state index is 11.9. The van der Waals surface area contributed by atoms with E-state index < -0.39 is 0 Å². The van der Waals surface area contributed by atoms with Gasteiger partial charge in [0.25, 0.3) is 0 Å². The molecule has 100 valence electrons. The van der Waals surface area contributed by atoms with Crippen LogP contribution in [0.4, 0.5) is 0 Å². The molecule has 0 atom stereocenters. The van der Waals surface area contributed by atoms with E-state index in [1.165, 1.54) is 0 Å². The summed E-state index contributed by atoms with van der Waals surface area (Å²) in [7, 11) is 0. The fraction of sp³-hybridized carbons (Fsp3) is 0.118. The normalized spacial score (nSPS) is 10.7. The molecule has 0 saturated carbocycles. The molecule has 0 bridgehead atoms. The molecule has 0 aliphatic rings. The summed E-state index contributed by atoms with van der Waals surface area (Å²) in [5.41, 5.74) is 2.78. The summed E-state index contributed by atoms with van der Waals surface area (Å²) in [5, 5.41) is 0.968. The number of benzene rings is 2. The SMILES string of the molecule is Cc1ccc2occ(CC(=O)Oc3ccccc3)c2c1. The summed E-state index contributed by atoms with van der Waals surface area (Å²) in [4.78, 5) is 11.9. The topological polar surface area (TPSA) is 39.4 Å². The van der Waals surface area contributed by atoms with E-state index in [1.807, 2.05) is 43.3 Å². The predicted octanol–water partition coefficient (Wildman–Crippen LogP) is 3.89. The minimum atomic E-state index is -0.291. The Hall–Kier alpha value is -2.55. The second kappa shape index (κ2) is 5.21. The molecule has 0 N–H and O–H groups in total. The summed E-state index contributed by atoms with van der Waals surface area (Å²) in [6, 6.07) is 15.0. The number of hydrogen-bond donors (Lipinski definition) is 0. The van der Waals surface area contributed by atoms with Crippen molar-refractivity contribution in [3.05, 3.63) is 65.9 Å². The van der Waals surface area contributed by atoms with Crippen LogP contribution in [0, 0.1) is 6.92 Å². The van der Waals surface area contributed by atoms with Crippen LogP contribution in [0.2, 0.25) is 0 Å². The molecule has 3 nitrogen and oxygen atoms in total. The third-order valence-corrected chi connectivity index (χ3v) is 3.12. The van der Waals surface area contributed by atoms with E-state index in [-0.39, 0.29) is 12.4 Å². The number of hydrogen-bond acceptors (Lipinski definition) is 3. The van der Waals surface area contributed by atoms with Gasteiger partial charge in [-0.25, -0.2) is 0 Å². The molecular formula is C17H14O3. The van der Waals surface area contributed by atoms with Crippen LogP contribution in [0.3, 0.4) is 0 Å². The first-order chi connectivity index (χ1) is 9.72. The molecule has 1 aromatic heterocycles. The number of fused-ring (bicyclic) bond motifs is 1. The van der Waals surface area contributed by atoms with Gasteiger partial charge in [0.05, 0.1) is 12.7 Å². The maximum Gasteiger partial charge on any atom is 0.315 e. The van der Waals surface area contributed by atoms with Gasteiger partial charge in [-0.2, -0.15) is 0 Å². The lowest BCUT2D eigenvalue weighted by atomic mass is 10.1. The fourth-order valence-corrected chi connectivity index (χ4v) is 2.14. The van der Waals surface area contributed by atoms with Gasteiger partial charge in [0.1, 0.15) is 11.3 Å². The fourth-order valence-electron chi connectivity index (χ4n) is 2.14. The molecule has 0 aliphatic heterocycles. The van der Waals surface area contributed by atoms with Crippen molar-refractivity contribution in [1.82, 2.24) is 0 Å². The minimum absolute atomic E-state index is 0.200. The maximum atomic E-state index is 11.9. The number of para-hydroxylation sites is 1. The number of carbonyl (C=O) groups is 1. The van der Waals surface area contributed by atoms with Crippen molar-refractivity contribution in [2.45, 2.75) is 13.3 Å². The van der Waals surface area contributed by atoms with Crippen LogP contribution in [-0.2, 0) is 11.2 Å². The van der Waals surface area contributed by atoms with Crippen molar-refractivity contribution in [3.63, 3.8) is 0 Å². The van der Waals surface area contributed by atoms with E-state index in [0.29, 0.717) is 5.75 Å². The molecule has 0 fully saturated rings. The van der Waals surface area contributed by atoms with Crippen LogP contribution in [0.25, 0.3) is 11.0 Å². The summed E-state index contributed by atoms with van der Waals surface area (Å²) < 4.78 is 10.7. The van der Waals surface area contributed by atoms with Crippen molar-refractivity contribution in [3.8, 4) is 5.75 Å². The zero-order valence-electron chi connectivity index (χ0n) is 11.1. The number of ether oxygens (including phenoxy) is 1. The monoisotopic (exact) mass is 266 g/mol. The third kappa shape index (κ3) is 2.57. The summed E-state index contributed by atoms with van der Waals surface area (Å²) in [6.07, 6.45) is 1.82. The van der Waals surface area contributed by atoms with Crippen molar-refractivity contribution in [2.75, 3.05) is 0 Å². The molecule has 3 heteroatoms. The zero-order chi connectivity index (χ0) is 13.9. The molecule has 0 aliphatic carbocycles. The average Bonchev–Trinajstić information content (AvgIpc) is 2.82. The van der Waals surface area contributed by atoms with Gasteiger partial charge in [0.15, 0.2) is 0 Å². The minimum Gasteiger partial charge on any atom is -0.464 e. The number of rotatable bonds is 3. The Bertz CT molecular complexity index is 741. The average molecular weight is 266 g/mol. The van der Waals surface area contributed by atoms with Crippen LogP contribution in [-0.4, -0.2) is 5.97 Å². The van der Waals surface area contributed by atoms with Crippen LogP contribution >= 0.6 is 0 Å². The number of esters is 1. The van der Waals surface area contributed by atoms with Gasteiger partial charge >= 0.3 is 5.97 Å². The van der Waals surface area contributed by atoms with E-state index in [4.69, 9.17) is 9.15 Å². The van der Waals surface area contributed by atoms with Gasteiger partial charge in [0.2, 0.25) is 0 Å². The summed E-state index contributed by atoms with van der Waals surface area (Å²) in [6.45, 7) is 2.01. The molecular weight excluding hydrogens is 252 g/mol. The van der Waals surface area contributed by atoms with Gasteiger partial charge < -0.3 is 9.15 Å². The highest BCUT2D eigenvalue weighted by Crippen LogP contribution is 2.23. The molecule has 1 heterocycles. The van der Waals surface area contributed by atoms with E-state index >= 15 is 0 Å². The first kappa shape index (κ1) is 12.5. The van der Waals surface area contributed by atoms with Gasteiger partial charge in [0, 0.05) is 10.9 Å². The zero-order valence-corrected chi connectivity index (χ0v) is 11.1. The van der Waals surface area contributed by atoms with Crippen LogP contribution < -0.4 is 4.74 Å². The van der Waals surface area contributed by atoms with Gasteiger partial charge in [-0.1, -0.05) is 29.8 Å². The lowest BCUT2D eigenvalue weighted by molar-refractivity contribution is -0.133.